The van der Waals surface area contributed by atoms with Crippen LogP contribution < -0.4 is 4.74 Å². The third kappa shape index (κ3) is 7.86. The Morgan fingerprint density at radius 3 is 2.70 bits per heavy atom. The molecule has 1 aromatic carbocycles. The molecule has 0 spiro atoms. The van der Waals surface area contributed by atoms with Crippen LogP contribution in [0.3, 0.4) is 0 Å². The summed E-state index contributed by atoms with van der Waals surface area (Å²) in [5.41, 5.74) is 0.943. The summed E-state index contributed by atoms with van der Waals surface area (Å²) in [6.45, 7) is 3.13. The lowest BCUT2D eigenvalue weighted by atomic mass is 10.1. The Kier molecular flexibility index (Phi) is 9.44. The van der Waals surface area contributed by atoms with E-state index in [1.165, 1.54) is 32.1 Å². The first-order valence-electron chi connectivity index (χ1n) is 7.69. The van der Waals surface area contributed by atoms with Gasteiger partial charge in [0.25, 0.3) is 0 Å². The van der Waals surface area contributed by atoms with Crippen molar-refractivity contribution in [3.05, 3.63) is 29.8 Å². The summed E-state index contributed by atoms with van der Waals surface area (Å²) < 4.78 is 5.74. The molecule has 0 radical (unpaired) electrons. The molecular formula is C18H26O2. The average molecular weight is 274 g/mol. The van der Waals surface area contributed by atoms with Gasteiger partial charge in [0, 0.05) is 12.0 Å². The van der Waals surface area contributed by atoms with E-state index in [2.05, 4.69) is 18.8 Å². The zero-order chi connectivity index (χ0) is 14.5. The van der Waals surface area contributed by atoms with Gasteiger partial charge < -0.3 is 9.84 Å². The van der Waals surface area contributed by atoms with Crippen molar-refractivity contribution in [2.24, 2.45) is 0 Å². The van der Waals surface area contributed by atoms with Gasteiger partial charge in [-0.05, 0) is 24.6 Å². The first-order chi connectivity index (χ1) is 9.86. The molecule has 0 aromatic heterocycles. The number of aliphatic hydroxyl groups excluding tert-OH is 1. The minimum Gasteiger partial charge on any atom is -0.494 e. The van der Waals surface area contributed by atoms with Crippen LogP contribution in [0.25, 0.3) is 0 Å². The van der Waals surface area contributed by atoms with E-state index in [1.54, 1.807) is 0 Å². The van der Waals surface area contributed by atoms with E-state index in [1.807, 2.05) is 24.3 Å². The molecule has 1 rings (SSSR count). The van der Waals surface area contributed by atoms with Gasteiger partial charge in [0.15, 0.2) is 0 Å². The van der Waals surface area contributed by atoms with Gasteiger partial charge in [-0.2, -0.15) is 0 Å². The summed E-state index contributed by atoms with van der Waals surface area (Å²) in [6.07, 6.45) is 8.16. The molecule has 0 aliphatic carbocycles. The third-order valence-electron chi connectivity index (χ3n) is 3.07. The van der Waals surface area contributed by atoms with E-state index in [4.69, 9.17) is 9.84 Å². The molecule has 2 heteroatoms. The second kappa shape index (κ2) is 11.4. The highest BCUT2D eigenvalue weighted by Crippen LogP contribution is 2.13. The van der Waals surface area contributed by atoms with Crippen molar-refractivity contribution in [3.63, 3.8) is 0 Å². The normalized spacial score (nSPS) is 9.90. The molecular weight excluding hydrogens is 248 g/mol. The molecule has 0 atom stereocenters. The molecule has 0 unspecified atom stereocenters. The number of aliphatic hydroxyl groups is 1. The number of ether oxygens (including phenoxy) is 1. The van der Waals surface area contributed by atoms with E-state index in [0.717, 1.165) is 24.3 Å². The Hall–Kier alpha value is -1.46. The SMILES string of the molecule is CCCCCCCCOc1cccc(C#CCCO)c1. The number of unbranched alkanes of at least 4 members (excludes halogenated alkanes) is 5. The molecule has 1 aromatic rings. The molecule has 0 heterocycles. The average Bonchev–Trinajstić information content (AvgIpc) is 2.47. The number of hydrogen-bond acceptors (Lipinski definition) is 2. The van der Waals surface area contributed by atoms with Crippen LogP contribution in [0.5, 0.6) is 5.75 Å². The van der Waals surface area contributed by atoms with Crippen LogP contribution in [0.15, 0.2) is 24.3 Å². The summed E-state index contributed by atoms with van der Waals surface area (Å²) in [6, 6.07) is 7.84. The molecule has 0 bridgehead atoms. The Labute approximate surface area is 123 Å². The number of rotatable bonds is 9. The zero-order valence-corrected chi connectivity index (χ0v) is 12.5. The van der Waals surface area contributed by atoms with Crippen molar-refractivity contribution in [2.45, 2.75) is 51.9 Å². The summed E-state index contributed by atoms with van der Waals surface area (Å²) in [5.74, 6) is 6.82. The first kappa shape index (κ1) is 16.6. The van der Waals surface area contributed by atoms with E-state index in [0.29, 0.717) is 6.42 Å². The van der Waals surface area contributed by atoms with Gasteiger partial charge >= 0.3 is 0 Å². The van der Waals surface area contributed by atoms with Crippen LogP contribution in [-0.2, 0) is 0 Å². The van der Waals surface area contributed by atoms with E-state index in [9.17, 15) is 0 Å². The molecule has 0 aliphatic rings. The van der Waals surface area contributed by atoms with Gasteiger partial charge in [-0.1, -0.05) is 56.9 Å². The molecule has 2 nitrogen and oxygen atoms in total. The summed E-state index contributed by atoms with van der Waals surface area (Å²) in [7, 11) is 0. The second-order valence-electron chi connectivity index (χ2n) is 4.92. The number of hydrogen-bond donors (Lipinski definition) is 1. The fraction of sp³-hybridized carbons (Fsp3) is 0.556. The van der Waals surface area contributed by atoms with Crippen LogP contribution in [0, 0.1) is 11.8 Å². The largest absolute Gasteiger partial charge is 0.494 e. The standard InChI is InChI=1S/C18H26O2/c1-2-3-4-5-6-9-15-20-18-13-10-12-17(16-18)11-7-8-14-19/h10,12-13,16,19H,2-6,8-9,14-15H2,1H3. The highest BCUT2D eigenvalue weighted by molar-refractivity contribution is 5.39. The topological polar surface area (TPSA) is 29.5 Å². The summed E-state index contributed by atoms with van der Waals surface area (Å²) in [4.78, 5) is 0. The van der Waals surface area contributed by atoms with Gasteiger partial charge in [-0.3, -0.25) is 0 Å². The van der Waals surface area contributed by atoms with Crippen LogP contribution in [0.2, 0.25) is 0 Å². The monoisotopic (exact) mass is 274 g/mol. The number of benzene rings is 1. The van der Waals surface area contributed by atoms with E-state index < -0.39 is 0 Å². The zero-order valence-electron chi connectivity index (χ0n) is 12.5. The third-order valence-corrected chi connectivity index (χ3v) is 3.07. The van der Waals surface area contributed by atoms with Crippen molar-refractivity contribution in [1.82, 2.24) is 0 Å². The fourth-order valence-electron chi connectivity index (χ4n) is 1.96. The molecule has 0 saturated carbocycles. The van der Waals surface area contributed by atoms with E-state index >= 15 is 0 Å². The Morgan fingerprint density at radius 2 is 1.90 bits per heavy atom. The molecule has 0 fully saturated rings. The van der Waals surface area contributed by atoms with Gasteiger partial charge in [-0.25, -0.2) is 0 Å². The lowest BCUT2D eigenvalue weighted by Crippen LogP contribution is -1.97. The van der Waals surface area contributed by atoms with Crippen molar-refractivity contribution >= 4 is 0 Å². The van der Waals surface area contributed by atoms with E-state index in [-0.39, 0.29) is 6.61 Å². The fourth-order valence-corrected chi connectivity index (χ4v) is 1.96. The molecule has 1 N–H and O–H groups in total. The quantitative estimate of drug-likeness (QED) is 0.541. The minimum atomic E-state index is 0.112. The maximum Gasteiger partial charge on any atom is 0.120 e. The predicted molar refractivity (Wildman–Crippen MR) is 83.9 cm³/mol. The van der Waals surface area contributed by atoms with Gasteiger partial charge in [-0.15, -0.1) is 0 Å². The molecule has 0 amide bonds. The van der Waals surface area contributed by atoms with Crippen LogP contribution in [0.1, 0.15) is 57.4 Å². The Morgan fingerprint density at radius 1 is 1.10 bits per heavy atom. The van der Waals surface area contributed by atoms with Crippen molar-refractivity contribution < 1.29 is 9.84 Å². The lowest BCUT2D eigenvalue weighted by Gasteiger charge is -2.06. The smallest absolute Gasteiger partial charge is 0.120 e. The van der Waals surface area contributed by atoms with Crippen molar-refractivity contribution in [1.29, 1.82) is 0 Å². The van der Waals surface area contributed by atoms with Crippen molar-refractivity contribution in [3.8, 4) is 17.6 Å². The summed E-state index contributed by atoms with van der Waals surface area (Å²) in [5, 5.41) is 8.69. The Bertz CT molecular complexity index is 415. The predicted octanol–water partition coefficient (Wildman–Crippen LogP) is 4.16. The van der Waals surface area contributed by atoms with Gasteiger partial charge in [0.05, 0.1) is 13.2 Å². The van der Waals surface area contributed by atoms with Crippen molar-refractivity contribution in [2.75, 3.05) is 13.2 Å². The maximum atomic E-state index is 8.69. The first-order valence-corrected chi connectivity index (χ1v) is 7.69. The molecule has 20 heavy (non-hydrogen) atoms. The summed E-state index contributed by atoms with van der Waals surface area (Å²) >= 11 is 0. The maximum absolute atomic E-state index is 8.69. The lowest BCUT2D eigenvalue weighted by molar-refractivity contribution is 0.304. The highest BCUT2D eigenvalue weighted by Gasteiger charge is 1.95. The van der Waals surface area contributed by atoms with Crippen LogP contribution in [0.4, 0.5) is 0 Å². The molecule has 0 aliphatic heterocycles. The van der Waals surface area contributed by atoms with Gasteiger partial charge in [0.1, 0.15) is 5.75 Å². The van der Waals surface area contributed by atoms with Gasteiger partial charge in [0.2, 0.25) is 0 Å². The molecule has 110 valence electrons. The minimum absolute atomic E-state index is 0.112. The van der Waals surface area contributed by atoms with Crippen LogP contribution >= 0.6 is 0 Å². The second-order valence-corrected chi connectivity index (χ2v) is 4.92. The Balaban J connectivity index is 2.23. The van der Waals surface area contributed by atoms with Crippen LogP contribution in [-0.4, -0.2) is 18.3 Å². The molecule has 0 saturated heterocycles. The highest BCUT2D eigenvalue weighted by atomic mass is 16.5.